The predicted molar refractivity (Wildman–Crippen MR) is 95.9 cm³/mol. The summed E-state index contributed by atoms with van der Waals surface area (Å²) in [4.78, 5) is 7.21. The summed E-state index contributed by atoms with van der Waals surface area (Å²) < 4.78 is 5.53. The van der Waals surface area contributed by atoms with Gasteiger partial charge in [0.05, 0.1) is 5.69 Å². The molecule has 0 radical (unpaired) electrons. The van der Waals surface area contributed by atoms with Crippen molar-refractivity contribution in [2.24, 2.45) is 5.92 Å². The van der Waals surface area contributed by atoms with Crippen molar-refractivity contribution in [3.05, 3.63) is 30.1 Å². The van der Waals surface area contributed by atoms with Crippen molar-refractivity contribution >= 4 is 12.4 Å². The van der Waals surface area contributed by atoms with Crippen LogP contribution in [0.4, 0.5) is 0 Å². The number of hydrogen-bond acceptors (Lipinski definition) is 4. The van der Waals surface area contributed by atoms with Crippen LogP contribution in [0.1, 0.15) is 37.8 Å². The molecule has 2 atom stereocenters. The van der Waals surface area contributed by atoms with Crippen LogP contribution < -0.4 is 5.32 Å². The summed E-state index contributed by atoms with van der Waals surface area (Å²) in [6, 6.07) is 6.94. The molecular weight excluding hydrogens is 310 g/mol. The molecule has 0 bridgehead atoms. The average molecular weight is 340 g/mol. The van der Waals surface area contributed by atoms with Gasteiger partial charge >= 0.3 is 0 Å². The highest BCUT2D eigenvalue weighted by Gasteiger charge is 2.23. The molecule has 0 aliphatic carbocycles. The van der Waals surface area contributed by atoms with Crippen LogP contribution in [-0.2, 0) is 11.3 Å². The summed E-state index contributed by atoms with van der Waals surface area (Å²) in [5.41, 5.74) is 1.20. The van der Waals surface area contributed by atoms with E-state index >= 15 is 0 Å². The van der Waals surface area contributed by atoms with Gasteiger partial charge in [-0.05, 0) is 69.8 Å². The molecular formula is C18H30ClN3O. The minimum absolute atomic E-state index is 0. The number of nitrogens with zero attached hydrogens (tertiary/aromatic N) is 2. The number of aromatic nitrogens is 1. The van der Waals surface area contributed by atoms with Gasteiger partial charge in [-0.15, -0.1) is 12.4 Å². The normalized spacial score (nSPS) is 25.1. The Morgan fingerprint density at radius 3 is 2.96 bits per heavy atom. The maximum Gasteiger partial charge on any atom is 0.0544 e. The van der Waals surface area contributed by atoms with Crippen LogP contribution in [0.2, 0.25) is 0 Å². The molecule has 5 heteroatoms. The van der Waals surface area contributed by atoms with Crippen molar-refractivity contribution in [1.82, 2.24) is 15.2 Å². The Kier molecular flexibility index (Phi) is 8.31. The van der Waals surface area contributed by atoms with E-state index in [1.54, 1.807) is 0 Å². The first-order valence-corrected chi connectivity index (χ1v) is 8.84. The first-order chi connectivity index (χ1) is 10.9. The summed E-state index contributed by atoms with van der Waals surface area (Å²) in [5.74, 6) is 0.759. The number of pyridine rings is 1. The van der Waals surface area contributed by atoms with Crippen molar-refractivity contribution in [3.8, 4) is 0 Å². The Balaban J connectivity index is 0.00000192. The standard InChI is InChI=1S/C18H29N3O.ClH/c1-2-10-20-17(4-1)14-21(12-7-16-8-13-22-15-16)18-5-3-9-19-11-6-18;/h1-2,4,10,16,18-19H,3,5-9,11-15H2;1H. The molecule has 1 aromatic rings. The molecule has 0 aromatic carbocycles. The third kappa shape index (κ3) is 6.03. The zero-order chi connectivity index (χ0) is 15.0. The maximum absolute atomic E-state index is 5.53. The quantitative estimate of drug-likeness (QED) is 0.864. The fourth-order valence-electron chi connectivity index (χ4n) is 3.62. The van der Waals surface area contributed by atoms with Gasteiger partial charge in [0.25, 0.3) is 0 Å². The molecule has 0 spiro atoms. The van der Waals surface area contributed by atoms with Crippen LogP contribution in [0, 0.1) is 5.92 Å². The van der Waals surface area contributed by atoms with E-state index in [9.17, 15) is 0 Å². The number of rotatable bonds is 6. The molecule has 2 saturated heterocycles. The molecule has 0 saturated carbocycles. The Bertz CT molecular complexity index is 418. The third-order valence-electron chi connectivity index (χ3n) is 5.00. The van der Waals surface area contributed by atoms with Gasteiger partial charge in [-0.2, -0.15) is 0 Å². The van der Waals surface area contributed by atoms with Crippen LogP contribution in [0.3, 0.4) is 0 Å². The van der Waals surface area contributed by atoms with E-state index in [4.69, 9.17) is 4.74 Å². The predicted octanol–water partition coefficient (Wildman–Crippen LogP) is 2.87. The molecule has 1 aromatic heterocycles. The van der Waals surface area contributed by atoms with Crippen molar-refractivity contribution in [2.45, 2.75) is 44.7 Å². The summed E-state index contributed by atoms with van der Waals surface area (Å²) in [6.45, 7) is 6.40. The van der Waals surface area contributed by atoms with Gasteiger partial charge in [0, 0.05) is 32.0 Å². The van der Waals surface area contributed by atoms with E-state index in [0.29, 0.717) is 6.04 Å². The molecule has 1 N–H and O–H groups in total. The lowest BCUT2D eigenvalue weighted by Gasteiger charge is -2.31. The van der Waals surface area contributed by atoms with Gasteiger partial charge in [-0.25, -0.2) is 0 Å². The van der Waals surface area contributed by atoms with Gasteiger partial charge in [-0.3, -0.25) is 9.88 Å². The minimum Gasteiger partial charge on any atom is -0.381 e. The molecule has 2 fully saturated rings. The maximum atomic E-state index is 5.53. The highest BCUT2D eigenvalue weighted by Crippen LogP contribution is 2.21. The lowest BCUT2D eigenvalue weighted by molar-refractivity contribution is 0.148. The van der Waals surface area contributed by atoms with Crippen molar-refractivity contribution < 1.29 is 4.74 Å². The number of nitrogens with one attached hydrogen (secondary N) is 1. The molecule has 130 valence electrons. The fraction of sp³-hybridized carbons (Fsp3) is 0.722. The van der Waals surface area contributed by atoms with E-state index < -0.39 is 0 Å². The first kappa shape index (κ1) is 18.7. The van der Waals surface area contributed by atoms with E-state index in [1.807, 2.05) is 12.3 Å². The van der Waals surface area contributed by atoms with Crippen molar-refractivity contribution in [2.75, 3.05) is 32.8 Å². The number of halogens is 1. The first-order valence-electron chi connectivity index (χ1n) is 8.84. The van der Waals surface area contributed by atoms with Gasteiger partial charge in [-0.1, -0.05) is 6.07 Å². The molecule has 2 aliphatic heterocycles. The SMILES string of the molecule is Cl.c1ccc(CN(CCC2CCOC2)C2CCCNCC2)nc1. The van der Waals surface area contributed by atoms with Crippen LogP contribution in [0.25, 0.3) is 0 Å². The van der Waals surface area contributed by atoms with Crippen molar-refractivity contribution in [3.63, 3.8) is 0 Å². The Hall–Kier alpha value is -0.680. The Morgan fingerprint density at radius 1 is 1.22 bits per heavy atom. The molecule has 2 unspecified atom stereocenters. The van der Waals surface area contributed by atoms with Gasteiger partial charge in [0.2, 0.25) is 0 Å². The second-order valence-electron chi connectivity index (χ2n) is 6.64. The van der Waals surface area contributed by atoms with E-state index in [2.05, 4.69) is 27.3 Å². The summed E-state index contributed by atoms with van der Waals surface area (Å²) in [7, 11) is 0. The van der Waals surface area contributed by atoms with Gasteiger partial charge in [0.1, 0.15) is 0 Å². The molecule has 0 amide bonds. The average Bonchev–Trinajstić information content (AvgIpc) is 2.93. The lowest BCUT2D eigenvalue weighted by Crippen LogP contribution is -2.37. The van der Waals surface area contributed by atoms with Crippen LogP contribution in [-0.4, -0.2) is 48.8 Å². The third-order valence-corrected chi connectivity index (χ3v) is 5.00. The lowest BCUT2D eigenvalue weighted by atomic mass is 10.0. The number of ether oxygens (including phenoxy) is 1. The molecule has 3 heterocycles. The minimum atomic E-state index is 0. The Morgan fingerprint density at radius 2 is 2.17 bits per heavy atom. The van der Waals surface area contributed by atoms with E-state index in [-0.39, 0.29) is 12.4 Å². The van der Waals surface area contributed by atoms with E-state index in [0.717, 1.165) is 32.2 Å². The molecule has 3 rings (SSSR count). The highest BCUT2D eigenvalue weighted by molar-refractivity contribution is 5.85. The van der Waals surface area contributed by atoms with Crippen LogP contribution in [0.15, 0.2) is 24.4 Å². The molecule has 2 aliphatic rings. The smallest absolute Gasteiger partial charge is 0.0544 e. The number of hydrogen-bond donors (Lipinski definition) is 1. The van der Waals surface area contributed by atoms with E-state index in [1.165, 1.54) is 50.9 Å². The molecule has 23 heavy (non-hydrogen) atoms. The van der Waals surface area contributed by atoms with Crippen molar-refractivity contribution in [1.29, 1.82) is 0 Å². The summed E-state index contributed by atoms with van der Waals surface area (Å²) >= 11 is 0. The van der Waals surface area contributed by atoms with Crippen LogP contribution in [0.5, 0.6) is 0 Å². The second kappa shape index (κ2) is 10.2. The topological polar surface area (TPSA) is 37.4 Å². The zero-order valence-electron chi connectivity index (χ0n) is 14.0. The zero-order valence-corrected chi connectivity index (χ0v) is 14.8. The largest absolute Gasteiger partial charge is 0.381 e. The van der Waals surface area contributed by atoms with Crippen LogP contribution >= 0.6 is 12.4 Å². The summed E-state index contributed by atoms with van der Waals surface area (Å²) in [5, 5.41) is 3.53. The Labute approximate surface area is 146 Å². The molecule has 4 nitrogen and oxygen atoms in total. The summed E-state index contributed by atoms with van der Waals surface area (Å²) in [6.07, 6.45) is 8.26. The second-order valence-corrected chi connectivity index (χ2v) is 6.64. The fourth-order valence-corrected chi connectivity index (χ4v) is 3.62. The van der Waals surface area contributed by atoms with Gasteiger partial charge < -0.3 is 10.1 Å². The highest BCUT2D eigenvalue weighted by atomic mass is 35.5. The van der Waals surface area contributed by atoms with Gasteiger partial charge in [0.15, 0.2) is 0 Å². The monoisotopic (exact) mass is 339 g/mol.